The number of primary amides is 1. The second kappa shape index (κ2) is 5.33. The number of halogens is 2. The summed E-state index contributed by atoms with van der Waals surface area (Å²) in [5.74, 6) is -1.01. The van der Waals surface area contributed by atoms with E-state index >= 15 is 0 Å². The Bertz CT molecular complexity index is 787. The molecule has 5 heteroatoms. The number of nitrogens with two attached hydrogens (primary N) is 1. The summed E-state index contributed by atoms with van der Waals surface area (Å²) in [6.45, 7) is 3.95. The molecule has 1 amide bonds. The van der Waals surface area contributed by atoms with Gasteiger partial charge in [-0.15, -0.1) is 0 Å². The fourth-order valence-electron chi connectivity index (χ4n) is 3.23. The van der Waals surface area contributed by atoms with Gasteiger partial charge in [0.1, 0.15) is 17.7 Å². The summed E-state index contributed by atoms with van der Waals surface area (Å²) in [7, 11) is 0. The highest BCUT2D eigenvalue weighted by Crippen LogP contribution is 2.48. The molecule has 2 N–H and O–H groups in total. The summed E-state index contributed by atoms with van der Waals surface area (Å²) in [6.07, 6.45) is -0.642. The van der Waals surface area contributed by atoms with Crippen LogP contribution in [0.4, 0.5) is 13.6 Å². The molecule has 0 fully saturated rings. The third kappa shape index (κ3) is 2.79. The van der Waals surface area contributed by atoms with Gasteiger partial charge in [0.25, 0.3) is 0 Å². The molecule has 0 radical (unpaired) electrons. The van der Waals surface area contributed by atoms with Gasteiger partial charge in [-0.1, -0.05) is 26.0 Å². The van der Waals surface area contributed by atoms with Crippen LogP contribution in [0.2, 0.25) is 0 Å². The van der Waals surface area contributed by atoms with Gasteiger partial charge in [-0.05, 0) is 47.4 Å². The van der Waals surface area contributed by atoms with Gasteiger partial charge in [-0.25, -0.2) is 13.6 Å². The minimum atomic E-state index is -0.849. The Morgan fingerprint density at radius 1 is 1.22 bits per heavy atom. The molecular weight excluding hydrogens is 300 g/mol. The van der Waals surface area contributed by atoms with E-state index in [1.807, 2.05) is 19.9 Å². The number of hydrogen-bond acceptors (Lipinski definition) is 2. The molecule has 2 aromatic rings. The highest BCUT2D eigenvalue weighted by Gasteiger charge is 2.41. The van der Waals surface area contributed by atoms with E-state index in [1.165, 1.54) is 0 Å². The van der Waals surface area contributed by atoms with E-state index in [2.05, 4.69) is 0 Å². The Morgan fingerprint density at radius 3 is 2.65 bits per heavy atom. The number of ether oxygens (including phenoxy) is 1. The Morgan fingerprint density at radius 2 is 1.96 bits per heavy atom. The minimum Gasteiger partial charge on any atom is -0.441 e. The lowest BCUT2D eigenvalue weighted by molar-refractivity contribution is 0.0392. The first-order valence-electron chi connectivity index (χ1n) is 7.32. The Kier molecular flexibility index (Phi) is 3.59. The van der Waals surface area contributed by atoms with Crippen molar-refractivity contribution in [1.29, 1.82) is 0 Å². The number of rotatable bonds is 2. The monoisotopic (exact) mass is 317 g/mol. The fraction of sp³-hybridized carbons (Fsp3) is 0.278. The van der Waals surface area contributed by atoms with Gasteiger partial charge in [0.15, 0.2) is 0 Å². The van der Waals surface area contributed by atoms with Crippen LogP contribution in [0.15, 0.2) is 36.4 Å². The van der Waals surface area contributed by atoms with Crippen LogP contribution in [0.25, 0.3) is 11.1 Å². The molecule has 3 nitrogen and oxygen atoms in total. The zero-order chi connectivity index (χ0) is 16.8. The van der Waals surface area contributed by atoms with Crippen LogP contribution in [0, 0.1) is 17.0 Å². The van der Waals surface area contributed by atoms with E-state index in [9.17, 15) is 13.6 Å². The minimum absolute atomic E-state index is 0.176. The van der Waals surface area contributed by atoms with E-state index < -0.39 is 23.8 Å². The molecule has 0 heterocycles. The third-order valence-corrected chi connectivity index (χ3v) is 4.26. The van der Waals surface area contributed by atoms with Crippen LogP contribution in [0.3, 0.4) is 0 Å². The van der Waals surface area contributed by atoms with E-state index in [0.29, 0.717) is 12.0 Å². The first kappa shape index (κ1) is 15.5. The van der Waals surface area contributed by atoms with Crippen molar-refractivity contribution in [3.05, 3.63) is 59.2 Å². The van der Waals surface area contributed by atoms with Crippen molar-refractivity contribution in [3.8, 4) is 11.1 Å². The van der Waals surface area contributed by atoms with Crippen LogP contribution >= 0.6 is 0 Å². The molecule has 1 aliphatic rings. The molecule has 0 saturated heterocycles. The van der Waals surface area contributed by atoms with Gasteiger partial charge in [0.05, 0.1) is 0 Å². The van der Waals surface area contributed by atoms with Gasteiger partial charge in [0.2, 0.25) is 0 Å². The molecule has 0 bridgehead atoms. The average Bonchev–Trinajstić information content (AvgIpc) is 2.71. The van der Waals surface area contributed by atoms with Crippen molar-refractivity contribution >= 4 is 6.09 Å². The van der Waals surface area contributed by atoms with E-state index in [-0.39, 0.29) is 11.0 Å². The normalized spacial score (nSPS) is 18.5. The Balaban J connectivity index is 2.09. The smallest absolute Gasteiger partial charge is 0.405 e. The first-order chi connectivity index (χ1) is 10.8. The summed E-state index contributed by atoms with van der Waals surface area (Å²) in [4.78, 5) is 11.2. The second-order valence-corrected chi connectivity index (χ2v) is 6.52. The number of fused-ring (bicyclic) bond motifs is 1. The van der Waals surface area contributed by atoms with Crippen molar-refractivity contribution in [2.75, 3.05) is 0 Å². The predicted molar refractivity (Wildman–Crippen MR) is 82.7 cm³/mol. The molecule has 0 aromatic heterocycles. The van der Waals surface area contributed by atoms with Crippen molar-refractivity contribution in [2.45, 2.75) is 26.4 Å². The highest BCUT2D eigenvalue weighted by atomic mass is 19.1. The molecule has 1 atom stereocenters. The maximum Gasteiger partial charge on any atom is 0.405 e. The summed E-state index contributed by atoms with van der Waals surface area (Å²) in [5.41, 5.74) is 7.38. The van der Waals surface area contributed by atoms with Crippen molar-refractivity contribution in [1.82, 2.24) is 0 Å². The molecular formula is C18H17F2NO2. The molecule has 23 heavy (non-hydrogen) atoms. The molecule has 0 spiro atoms. The van der Waals surface area contributed by atoms with E-state index in [1.54, 1.807) is 12.1 Å². The lowest BCUT2D eigenvalue weighted by atomic mass is 9.87. The number of benzene rings is 2. The van der Waals surface area contributed by atoms with Crippen LogP contribution in [0.1, 0.15) is 31.1 Å². The largest absolute Gasteiger partial charge is 0.441 e. The maximum absolute atomic E-state index is 14.0. The SMILES string of the molecule is CC1(C)Cc2ccc(-c3cc(F)ccc3F)cc2C1OC(N)=O. The molecule has 2 aromatic carbocycles. The fourth-order valence-corrected chi connectivity index (χ4v) is 3.23. The standard InChI is InChI=1S/C18H17F2NO2/c1-18(2)9-11-4-3-10(7-14(11)16(18)23-17(21)22)13-8-12(19)5-6-15(13)20/h3-8,16H,9H2,1-2H3,(H2,21,22). The number of carbonyl (C=O) groups excluding carboxylic acids is 1. The molecule has 0 aliphatic heterocycles. The van der Waals surface area contributed by atoms with Gasteiger partial charge in [0, 0.05) is 11.0 Å². The zero-order valence-corrected chi connectivity index (χ0v) is 12.9. The number of amides is 1. The van der Waals surface area contributed by atoms with Gasteiger partial charge in [-0.3, -0.25) is 0 Å². The lowest BCUT2D eigenvalue weighted by Crippen LogP contribution is -2.25. The third-order valence-electron chi connectivity index (χ3n) is 4.26. The summed E-state index contributed by atoms with van der Waals surface area (Å²) >= 11 is 0. The molecule has 3 rings (SSSR count). The quantitative estimate of drug-likeness (QED) is 0.895. The lowest BCUT2D eigenvalue weighted by Gasteiger charge is -2.26. The maximum atomic E-state index is 14.0. The van der Waals surface area contributed by atoms with Crippen molar-refractivity contribution in [3.63, 3.8) is 0 Å². The van der Waals surface area contributed by atoms with Crippen LogP contribution < -0.4 is 5.73 Å². The van der Waals surface area contributed by atoms with Gasteiger partial charge in [-0.2, -0.15) is 0 Å². The topological polar surface area (TPSA) is 52.3 Å². The van der Waals surface area contributed by atoms with Crippen LogP contribution in [-0.4, -0.2) is 6.09 Å². The Hall–Kier alpha value is -2.43. The highest BCUT2D eigenvalue weighted by molar-refractivity contribution is 5.68. The number of hydrogen-bond donors (Lipinski definition) is 1. The van der Waals surface area contributed by atoms with Crippen molar-refractivity contribution in [2.24, 2.45) is 11.1 Å². The first-order valence-corrected chi connectivity index (χ1v) is 7.32. The van der Waals surface area contributed by atoms with Gasteiger partial charge >= 0.3 is 6.09 Å². The van der Waals surface area contributed by atoms with Crippen molar-refractivity contribution < 1.29 is 18.3 Å². The van der Waals surface area contributed by atoms with E-state index in [4.69, 9.17) is 10.5 Å². The summed E-state index contributed by atoms with van der Waals surface area (Å²) in [5, 5.41) is 0. The summed E-state index contributed by atoms with van der Waals surface area (Å²) in [6, 6.07) is 8.69. The van der Waals surface area contributed by atoms with Gasteiger partial charge < -0.3 is 10.5 Å². The molecule has 1 aliphatic carbocycles. The predicted octanol–water partition coefficient (Wildman–Crippen LogP) is 4.35. The summed E-state index contributed by atoms with van der Waals surface area (Å²) < 4.78 is 32.7. The van der Waals surface area contributed by atoms with Crippen LogP contribution in [-0.2, 0) is 11.2 Å². The second-order valence-electron chi connectivity index (χ2n) is 6.52. The Labute approximate surface area is 133 Å². The average molecular weight is 317 g/mol. The zero-order valence-electron chi connectivity index (χ0n) is 12.9. The molecule has 120 valence electrons. The molecule has 0 saturated carbocycles. The van der Waals surface area contributed by atoms with E-state index in [0.717, 1.165) is 29.3 Å². The molecule has 1 unspecified atom stereocenters. The van der Waals surface area contributed by atoms with Crippen LogP contribution in [0.5, 0.6) is 0 Å². The number of carbonyl (C=O) groups is 1.